The zero-order chi connectivity index (χ0) is 18.3. The molecule has 0 spiro atoms. The maximum Gasteiger partial charge on any atom is 0.166 e. The fraction of sp³-hybridized carbons (Fsp3) is 0.222. The lowest BCUT2D eigenvalue weighted by molar-refractivity contribution is 0.0379. The van der Waals surface area contributed by atoms with Gasteiger partial charge in [-0.3, -0.25) is 4.68 Å². The van der Waals surface area contributed by atoms with Crippen LogP contribution in [0.2, 0.25) is 15.1 Å². The Morgan fingerprint density at radius 1 is 1.12 bits per heavy atom. The second kappa shape index (κ2) is 7.41. The molecular formula is C18H14Cl3N3OS. The third-order valence-corrected chi connectivity index (χ3v) is 6.26. The standard InChI is InChI=1S/C18H14Cl3N3OS/c1-24-9-22-18(23-24)17-16(13-5-4-12(20)7-15(13)26-17)25-8-10-2-3-11(19)6-14(10)21/h2-7,9,16-17H,8H2,1H3/t16-,17+/m0/s1. The van der Waals surface area contributed by atoms with Crippen LogP contribution in [0.3, 0.4) is 0 Å². The van der Waals surface area contributed by atoms with Crippen molar-refractivity contribution in [2.24, 2.45) is 7.05 Å². The van der Waals surface area contributed by atoms with Gasteiger partial charge >= 0.3 is 0 Å². The Hall–Kier alpha value is -1.24. The third-order valence-electron chi connectivity index (χ3n) is 4.12. The molecule has 2 aromatic carbocycles. The summed E-state index contributed by atoms with van der Waals surface area (Å²) in [6.45, 7) is 0.368. The molecule has 134 valence electrons. The number of hydrogen-bond acceptors (Lipinski definition) is 4. The second-order valence-electron chi connectivity index (χ2n) is 5.96. The minimum absolute atomic E-state index is 0.0456. The smallest absolute Gasteiger partial charge is 0.166 e. The molecule has 4 nitrogen and oxygen atoms in total. The van der Waals surface area contributed by atoms with Gasteiger partial charge in [0.25, 0.3) is 0 Å². The quantitative estimate of drug-likeness (QED) is 0.522. The fourth-order valence-corrected chi connectivity index (χ4v) is 4.93. The van der Waals surface area contributed by atoms with Gasteiger partial charge in [-0.05, 0) is 35.4 Å². The molecule has 2 atom stereocenters. The Morgan fingerprint density at radius 2 is 1.88 bits per heavy atom. The Balaban J connectivity index is 1.63. The van der Waals surface area contributed by atoms with E-state index < -0.39 is 0 Å². The number of ether oxygens (including phenoxy) is 1. The van der Waals surface area contributed by atoms with E-state index in [1.165, 1.54) is 0 Å². The number of halogens is 3. The maximum atomic E-state index is 6.28. The molecule has 4 rings (SSSR count). The van der Waals surface area contributed by atoms with Gasteiger partial charge in [-0.25, -0.2) is 4.98 Å². The highest BCUT2D eigenvalue weighted by Gasteiger charge is 2.38. The van der Waals surface area contributed by atoms with E-state index in [-0.39, 0.29) is 11.4 Å². The summed E-state index contributed by atoms with van der Waals surface area (Å²) < 4.78 is 7.97. The summed E-state index contributed by atoms with van der Waals surface area (Å²) >= 11 is 20.1. The lowest BCUT2D eigenvalue weighted by Gasteiger charge is -2.19. The van der Waals surface area contributed by atoms with Crippen molar-refractivity contribution in [2.45, 2.75) is 22.9 Å². The van der Waals surface area contributed by atoms with E-state index in [4.69, 9.17) is 39.5 Å². The van der Waals surface area contributed by atoms with Gasteiger partial charge in [-0.15, -0.1) is 11.8 Å². The molecule has 0 radical (unpaired) electrons. The maximum absolute atomic E-state index is 6.28. The fourth-order valence-electron chi connectivity index (χ4n) is 2.88. The highest BCUT2D eigenvalue weighted by molar-refractivity contribution is 8.00. The molecule has 0 saturated heterocycles. The van der Waals surface area contributed by atoms with Crippen molar-refractivity contribution >= 4 is 46.6 Å². The van der Waals surface area contributed by atoms with E-state index in [0.29, 0.717) is 21.7 Å². The van der Waals surface area contributed by atoms with Gasteiger partial charge in [-0.1, -0.05) is 46.9 Å². The van der Waals surface area contributed by atoms with Crippen LogP contribution < -0.4 is 0 Å². The Labute approximate surface area is 170 Å². The first-order chi connectivity index (χ1) is 12.5. The van der Waals surface area contributed by atoms with E-state index in [9.17, 15) is 0 Å². The summed E-state index contributed by atoms with van der Waals surface area (Å²) in [6.07, 6.45) is 1.50. The molecule has 0 N–H and O–H groups in total. The molecule has 1 aromatic heterocycles. The molecule has 8 heteroatoms. The topological polar surface area (TPSA) is 39.9 Å². The summed E-state index contributed by atoms with van der Waals surface area (Å²) in [5.74, 6) is 0.733. The monoisotopic (exact) mass is 425 g/mol. The molecule has 0 fully saturated rings. The van der Waals surface area contributed by atoms with Crippen LogP contribution in [0.15, 0.2) is 47.6 Å². The van der Waals surface area contributed by atoms with Gasteiger partial charge in [0.15, 0.2) is 5.82 Å². The zero-order valence-electron chi connectivity index (χ0n) is 13.7. The van der Waals surface area contributed by atoms with Gasteiger partial charge in [0, 0.05) is 27.0 Å². The normalized spacial score (nSPS) is 18.9. The Bertz CT molecular complexity index is 963. The van der Waals surface area contributed by atoms with Crippen LogP contribution in [0, 0.1) is 0 Å². The number of hydrogen-bond donors (Lipinski definition) is 0. The van der Waals surface area contributed by atoms with Gasteiger partial charge in [0.1, 0.15) is 17.7 Å². The average Bonchev–Trinajstić information content (AvgIpc) is 3.17. The van der Waals surface area contributed by atoms with E-state index in [0.717, 1.165) is 21.8 Å². The largest absolute Gasteiger partial charge is 0.367 e. The molecule has 1 aliphatic rings. The zero-order valence-corrected chi connectivity index (χ0v) is 16.8. The minimum atomic E-state index is -0.193. The average molecular weight is 427 g/mol. The van der Waals surface area contributed by atoms with Gasteiger partial charge in [-0.2, -0.15) is 5.10 Å². The minimum Gasteiger partial charge on any atom is -0.367 e. The molecule has 0 aliphatic carbocycles. The first-order valence-corrected chi connectivity index (χ1v) is 9.90. The summed E-state index contributed by atoms with van der Waals surface area (Å²) in [7, 11) is 1.85. The van der Waals surface area contributed by atoms with Crippen LogP contribution in [0.5, 0.6) is 0 Å². The van der Waals surface area contributed by atoms with Crippen molar-refractivity contribution in [3.05, 3.63) is 74.7 Å². The molecule has 3 aromatic rings. The van der Waals surface area contributed by atoms with Gasteiger partial charge in [0.2, 0.25) is 0 Å². The lowest BCUT2D eigenvalue weighted by Crippen LogP contribution is -2.10. The highest BCUT2D eigenvalue weighted by Crippen LogP contribution is 2.54. The SMILES string of the molecule is Cn1cnc([C@@H]2Sc3cc(Cl)ccc3[C@@H]2OCc2ccc(Cl)cc2Cl)n1. The molecule has 0 bridgehead atoms. The molecule has 1 aliphatic heterocycles. The van der Waals surface area contributed by atoms with E-state index in [1.54, 1.807) is 34.9 Å². The van der Waals surface area contributed by atoms with Crippen LogP contribution in [-0.4, -0.2) is 14.8 Å². The first kappa shape index (κ1) is 18.1. The van der Waals surface area contributed by atoms with Gasteiger partial charge in [0.05, 0.1) is 6.61 Å². The van der Waals surface area contributed by atoms with Crippen molar-refractivity contribution in [2.75, 3.05) is 0 Å². The molecule has 2 heterocycles. The van der Waals surface area contributed by atoms with Crippen molar-refractivity contribution in [3.63, 3.8) is 0 Å². The van der Waals surface area contributed by atoms with Crippen molar-refractivity contribution in [3.8, 4) is 0 Å². The van der Waals surface area contributed by atoms with Crippen LogP contribution in [0.25, 0.3) is 0 Å². The number of fused-ring (bicyclic) bond motifs is 1. The molecular weight excluding hydrogens is 413 g/mol. The van der Waals surface area contributed by atoms with Gasteiger partial charge < -0.3 is 4.74 Å². The van der Waals surface area contributed by atoms with Crippen LogP contribution in [0.1, 0.15) is 28.3 Å². The van der Waals surface area contributed by atoms with Crippen LogP contribution in [0.4, 0.5) is 0 Å². The number of nitrogens with zero attached hydrogens (tertiary/aromatic N) is 3. The van der Waals surface area contributed by atoms with E-state index >= 15 is 0 Å². The Morgan fingerprint density at radius 3 is 2.62 bits per heavy atom. The highest BCUT2D eigenvalue weighted by atomic mass is 35.5. The van der Waals surface area contributed by atoms with Crippen molar-refractivity contribution in [1.29, 1.82) is 0 Å². The molecule has 0 unspecified atom stereocenters. The van der Waals surface area contributed by atoms with Crippen LogP contribution >= 0.6 is 46.6 Å². The lowest BCUT2D eigenvalue weighted by atomic mass is 10.1. The van der Waals surface area contributed by atoms with Crippen LogP contribution in [-0.2, 0) is 18.4 Å². The van der Waals surface area contributed by atoms with E-state index in [2.05, 4.69) is 10.1 Å². The predicted molar refractivity (Wildman–Crippen MR) is 105 cm³/mol. The number of thioether (sulfide) groups is 1. The third kappa shape index (κ3) is 3.59. The Kier molecular flexibility index (Phi) is 5.17. The number of aromatic nitrogens is 3. The summed E-state index contributed by atoms with van der Waals surface area (Å²) in [6, 6.07) is 11.2. The number of rotatable bonds is 4. The molecule has 26 heavy (non-hydrogen) atoms. The molecule has 0 amide bonds. The van der Waals surface area contributed by atoms with Crippen molar-refractivity contribution in [1.82, 2.24) is 14.8 Å². The van der Waals surface area contributed by atoms with E-state index in [1.807, 2.05) is 31.3 Å². The summed E-state index contributed by atoms with van der Waals surface area (Å²) in [4.78, 5) is 5.50. The van der Waals surface area contributed by atoms with Crippen molar-refractivity contribution < 1.29 is 4.74 Å². The number of benzene rings is 2. The first-order valence-electron chi connectivity index (χ1n) is 7.88. The second-order valence-corrected chi connectivity index (χ2v) is 8.43. The summed E-state index contributed by atoms with van der Waals surface area (Å²) in [5.41, 5.74) is 1.97. The molecule has 0 saturated carbocycles. The summed E-state index contributed by atoms with van der Waals surface area (Å²) in [5, 5.41) is 6.31. The number of aryl methyl sites for hydroxylation is 1. The predicted octanol–water partition coefficient (Wildman–Crippen LogP) is 5.88.